The van der Waals surface area contributed by atoms with Gasteiger partial charge in [-0.15, -0.1) is 0 Å². The van der Waals surface area contributed by atoms with Gasteiger partial charge in [0.2, 0.25) is 5.91 Å². The minimum atomic E-state index is -1.03. The Bertz CT molecular complexity index is 1370. The smallest absolute Gasteiger partial charge is 0.275 e. The summed E-state index contributed by atoms with van der Waals surface area (Å²) in [4.78, 5) is 25.6. The van der Waals surface area contributed by atoms with Gasteiger partial charge in [0.25, 0.3) is 5.56 Å². The standard InChI is InChI=1S/C24H19F2N3O3/c1-2-32-21-10-6-5-9-20(21)27-22(30)14-29-24(31)17-8-4-3-7-16(17)23(28-29)15-11-12-18(25)19(26)13-15/h3-13H,2,14H2,1H3,(H,27,30). The number of fused-ring (bicyclic) bond motifs is 1. The number of para-hydroxylation sites is 2. The second kappa shape index (κ2) is 8.97. The summed E-state index contributed by atoms with van der Waals surface area (Å²) < 4.78 is 33.8. The number of carbonyl (C=O) groups excluding carboxylic acids is 1. The molecule has 0 aliphatic carbocycles. The number of nitrogens with one attached hydrogen (secondary N) is 1. The highest BCUT2D eigenvalue weighted by Crippen LogP contribution is 2.26. The molecule has 4 aromatic rings. The Balaban J connectivity index is 1.73. The first-order valence-electron chi connectivity index (χ1n) is 9.95. The van der Waals surface area contributed by atoms with Crippen LogP contribution in [0.5, 0.6) is 5.75 Å². The number of rotatable bonds is 6. The lowest BCUT2D eigenvalue weighted by atomic mass is 10.0. The normalized spacial score (nSPS) is 10.8. The topological polar surface area (TPSA) is 73.2 Å². The van der Waals surface area contributed by atoms with E-state index in [-0.39, 0.29) is 17.8 Å². The van der Waals surface area contributed by atoms with Crippen molar-refractivity contribution in [3.63, 3.8) is 0 Å². The maximum atomic E-state index is 13.9. The zero-order chi connectivity index (χ0) is 22.7. The molecule has 0 aliphatic rings. The Morgan fingerprint density at radius 3 is 2.47 bits per heavy atom. The molecule has 4 rings (SSSR count). The molecule has 1 aromatic heterocycles. The van der Waals surface area contributed by atoms with Gasteiger partial charge in [-0.05, 0) is 43.3 Å². The number of nitrogens with zero attached hydrogens (tertiary/aromatic N) is 2. The van der Waals surface area contributed by atoms with Crippen LogP contribution >= 0.6 is 0 Å². The molecule has 1 amide bonds. The van der Waals surface area contributed by atoms with E-state index in [1.165, 1.54) is 6.07 Å². The van der Waals surface area contributed by atoms with Crippen LogP contribution < -0.4 is 15.6 Å². The molecule has 1 heterocycles. The number of ether oxygens (including phenoxy) is 1. The number of benzene rings is 3. The number of amides is 1. The summed E-state index contributed by atoms with van der Waals surface area (Å²) in [7, 11) is 0. The van der Waals surface area contributed by atoms with Crippen molar-refractivity contribution in [3.05, 3.63) is 88.7 Å². The Kier molecular flexibility index (Phi) is 5.93. The monoisotopic (exact) mass is 435 g/mol. The van der Waals surface area contributed by atoms with E-state index in [1.54, 1.807) is 48.5 Å². The molecule has 0 radical (unpaired) electrons. The summed E-state index contributed by atoms with van der Waals surface area (Å²) in [5, 5.41) is 7.81. The molecule has 0 unspecified atom stereocenters. The maximum absolute atomic E-state index is 13.9. The highest BCUT2D eigenvalue weighted by atomic mass is 19.2. The zero-order valence-corrected chi connectivity index (χ0v) is 17.1. The van der Waals surface area contributed by atoms with Gasteiger partial charge in [-0.1, -0.05) is 30.3 Å². The van der Waals surface area contributed by atoms with Gasteiger partial charge >= 0.3 is 0 Å². The summed E-state index contributed by atoms with van der Waals surface area (Å²) in [5.41, 5.74) is 0.548. The van der Waals surface area contributed by atoms with Gasteiger partial charge in [0.1, 0.15) is 12.3 Å². The molecule has 0 atom stereocenters. The second-order valence-electron chi connectivity index (χ2n) is 6.96. The molecule has 3 aromatic carbocycles. The highest BCUT2D eigenvalue weighted by molar-refractivity contribution is 5.95. The van der Waals surface area contributed by atoms with Crippen LogP contribution in [-0.4, -0.2) is 22.3 Å². The molecule has 6 nitrogen and oxygen atoms in total. The number of hydrogen-bond acceptors (Lipinski definition) is 4. The van der Waals surface area contributed by atoms with Crippen LogP contribution in [0.2, 0.25) is 0 Å². The molecule has 0 saturated carbocycles. The summed E-state index contributed by atoms with van der Waals surface area (Å²) in [5.74, 6) is -2.00. The van der Waals surface area contributed by atoms with Crippen molar-refractivity contribution >= 4 is 22.4 Å². The minimum absolute atomic E-state index is 0.265. The van der Waals surface area contributed by atoms with E-state index in [1.807, 2.05) is 6.92 Å². The van der Waals surface area contributed by atoms with Gasteiger partial charge in [0.05, 0.1) is 23.4 Å². The number of hydrogen-bond donors (Lipinski definition) is 1. The van der Waals surface area contributed by atoms with Crippen LogP contribution in [0.4, 0.5) is 14.5 Å². The Labute approximate surface area is 182 Å². The van der Waals surface area contributed by atoms with Crippen molar-refractivity contribution in [2.45, 2.75) is 13.5 Å². The van der Waals surface area contributed by atoms with Crippen molar-refractivity contribution < 1.29 is 18.3 Å². The first kappa shape index (κ1) is 21.2. The second-order valence-corrected chi connectivity index (χ2v) is 6.96. The van der Waals surface area contributed by atoms with Crippen LogP contribution in [0.3, 0.4) is 0 Å². The summed E-state index contributed by atoms with van der Waals surface area (Å²) in [6.07, 6.45) is 0. The number of carbonyl (C=O) groups is 1. The summed E-state index contributed by atoms with van der Waals surface area (Å²) >= 11 is 0. The number of halogens is 2. The Hall–Kier alpha value is -4.07. The fourth-order valence-electron chi connectivity index (χ4n) is 3.38. The average Bonchev–Trinajstić information content (AvgIpc) is 2.79. The molecule has 0 aliphatic heterocycles. The lowest BCUT2D eigenvalue weighted by Crippen LogP contribution is -2.30. The van der Waals surface area contributed by atoms with Gasteiger partial charge in [-0.25, -0.2) is 13.5 Å². The molecule has 0 saturated heterocycles. The van der Waals surface area contributed by atoms with Crippen molar-refractivity contribution in [1.29, 1.82) is 0 Å². The average molecular weight is 435 g/mol. The van der Waals surface area contributed by atoms with Crippen molar-refractivity contribution in [2.75, 3.05) is 11.9 Å². The van der Waals surface area contributed by atoms with E-state index < -0.39 is 23.1 Å². The van der Waals surface area contributed by atoms with Crippen LogP contribution in [-0.2, 0) is 11.3 Å². The van der Waals surface area contributed by atoms with E-state index in [4.69, 9.17) is 4.74 Å². The number of aromatic nitrogens is 2. The molecule has 0 bridgehead atoms. The van der Waals surface area contributed by atoms with E-state index in [0.29, 0.717) is 28.8 Å². The van der Waals surface area contributed by atoms with E-state index in [9.17, 15) is 18.4 Å². The lowest BCUT2D eigenvalue weighted by molar-refractivity contribution is -0.117. The molecular formula is C24H19F2N3O3. The molecule has 8 heteroatoms. The van der Waals surface area contributed by atoms with E-state index in [2.05, 4.69) is 10.4 Å². The molecule has 162 valence electrons. The SMILES string of the molecule is CCOc1ccccc1NC(=O)Cn1nc(-c2ccc(F)c(F)c2)c2ccccc2c1=O. The van der Waals surface area contributed by atoms with Gasteiger partial charge in [-0.3, -0.25) is 9.59 Å². The molecule has 1 N–H and O–H groups in total. The fourth-order valence-corrected chi connectivity index (χ4v) is 3.38. The molecular weight excluding hydrogens is 416 g/mol. The van der Waals surface area contributed by atoms with Crippen LogP contribution in [0, 0.1) is 11.6 Å². The fraction of sp³-hybridized carbons (Fsp3) is 0.125. The van der Waals surface area contributed by atoms with Crippen molar-refractivity contribution in [2.24, 2.45) is 0 Å². The largest absolute Gasteiger partial charge is 0.492 e. The van der Waals surface area contributed by atoms with E-state index in [0.717, 1.165) is 16.8 Å². The Morgan fingerprint density at radius 1 is 1.00 bits per heavy atom. The lowest BCUT2D eigenvalue weighted by Gasteiger charge is -2.13. The Morgan fingerprint density at radius 2 is 1.72 bits per heavy atom. The maximum Gasteiger partial charge on any atom is 0.275 e. The summed E-state index contributed by atoms with van der Waals surface area (Å²) in [6, 6.07) is 17.0. The molecule has 0 spiro atoms. The predicted octanol–water partition coefficient (Wildman–Crippen LogP) is 4.38. The van der Waals surface area contributed by atoms with Crippen LogP contribution in [0.1, 0.15) is 6.92 Å². The van der Waals surface area contributed by atoms with Crippen molar-refractivity contribution in [1.82, 2.24) is 9.78 Å². The number of anilines is 1. The van der Waals surface area contributed by atoms with Gasteiger partial charge in [-0.2, -0.15) is 5.10 Å². The van der Waals surface area contributed by atoms with Gasteiger partial charge in [0, 0.05) is 10.9 Å². The minimum Gasteiger partial charge on any atom is -0.492 e. The third-order valence-electron chi connectivity index (χ3n) is 4.82. The molecule has 0 fully saturated rings. The zero-order valence-electron chi connectivity index (χ0n) is 17.1. The quantitative estimate of drug-likeness (QED) is 0.488. The van der Waals surface area contributed by atoms with Gasteiger partial charge < -0.3 is 10.1 Å². The third kappa shape index (κ3) is 4.20. The first-order valence-corrected chi connectivity index (χ1v) is 9.95. The van der Waals surface area contributed by atoms with E-state index >= 15 is 0 Å². The predicted molar refractivity (Wildman–Crippen MR) is 118 cm³/mol. The summed E-state index contributed by atoms with van der Waals surface area (Å²) in [6.45, 7) is 1.88. The van der Waals surface area contributed by atoms with Crippen LogP contribution in [0.15, 0.2) is 71.5 Å². The molecule has 32 heavy (non-hydrogen) atoms. The first-order chi connectivity index (χ1) is 15.5. The van der Waals surface area contributed by atoms with Gasteiger partial charge in [0.15, 0.2) is 11.6 Å². The third-order valence-corrected chi connectivity index (χ3v) is 4.82. The van der Waals surface area contributed by atoms with Crippen molar-refractivity contribution in [3.8, 4) is 17.0 Å². The highest BCUT2D eigenvalue weighted by Gasteiger charge is 2.16. The van der Waals surface area contributed by atoms with Crippen LogP contribution in [0.25, 0.3) is 22.0 Å².